The predicted molar refractivity (Wildman–Crippen MR) is 114 cm³/mol. The molecule has 0 aromatic carbocycles. The Hall–Kier alpha value is -1.63. The van der Waals surface area contributed by atoms with Crippen molar-refractivity contribution in [2.75, 3.05) is 6.54 Å². The lowest BCUT2D eigenvalue weighted by atomic mass is 9.92. The summed E-state index contributed by atoms with van der Waals surface area (Å²) < 4.78 is 0. The molecule has 0 spiro atoms. The Balaban J connectivity index is 1.83. The molecule has 0 saturated heterocycles. The number of thiophene rings is 1. The van der Waals surface area contributed by atoms with Crippen LogP contribution in [0.25, 0.3) is 5.70 Å². The second-order valence-corrected chi connectivity index (χ2v) is 10.0. The lowest BCUT2D eigenvalue weighted by Crippen LogP contribution is -2.54. The predicted octanol–water partition coefficient (Wildman–Crippen LogP) is 3.54. The van der Waals surface area contributed by atoms with Gasteiger partial charge in [-0.25, -0.2) is 0 Å². The molecule has 1 aliphatic carbocycles. The van der Waals surface area contributed by atoms with Gasteiger partial charge in [0.05, 0.1) is 11.3 Å². The minimum atomic E-state index is -0.825. The lowest BCUT2D eigenvalue weighted by molar-refractivity contribution is -0.137. The summed E-state index contributed by atoms with van der Waals surface area (Å²) in [5.41, 5.74) is 2.43. The third kappa shape index (κ3) is 3.65. The highest BCUT2D eigenvalue weighted by Gasteiger charge is 2.43. The summed E-state index contributed by atoms with van der Waals surface area (Å²) in [6.45, 7) is 6.85. The van der Waals surface area contributed by atoms with Crippen molar-refractivity contribution in [2.45, 2.75) is 76.7 Å². The fourth-order valence-corrected chi connectivity index (χ4v) is 5.68. The standard InChI is InChI=1S/C22H31N3O2S/c1-22(2,3)24-20(26)18-19-15(11-13-28-19)17-16(10-7-12-23-17)21(27)25(18)14-8-5-4-6-9-14/h7,10-11,13-14,18,20,23-24,26H,4-6,8-9,12H2,1-3H3. The van der Waals surface area contributed by atoms with E-state index in [1.807, 2.05) is 37.8 Å². The zero-order valence-electron chi connectivity index (χ0n) is 17.0. The Kier molecular flexibility index (Phi) is 5.38. The molecule has 2 aliphatic heterocycles. The molecule has 3 aliphatic rings. The maximum Gasteiger partial charge on any atom is 0.256 e. The van der Waals surface area contributed by atoms with Gasteiger partial charge >= 0.3 is 0 Å². The van der Waals surface area contributed by atoms with Crippen LogP contribution in [0, 0.1) is 0 Å². The minimum Gasteiger partial charge on any atom is -0.380 e. The molecule has 152 valence electrons. The molecular weight excluding hydrogens is 370 g/mol. The van der Waals surface area contributed by atoms with Crippen molar-refractivity contribution in [1.29, 1.82) is 0 Å². The van der Waals surface area contributed by atoms with Gasteiger partial charge in [-0.15, -0.1) is 11.3 Å². The Morgan fingerprint density at radius 1 is 1.29 bits per heavy atom. The number of nitrogens with one attached hydrogen (secondary N) is 2. The van der Waals surface area contributed by atoms with E-state index in [1.54, 1.807) is 11.3 Å². The number of nitrogens with zero attached hydrogens (tertiary/aromatic N) is 1. The van der Waals surface area contributed by atoms with Gasteiger partial charge in [0.1, 0.15) is 12.3 Å². The number of rotatable bonds is 3. The highest BCUT2D eigenvalue weighted by molar-refractivity contribution is 7.10. The van der Waals surface area contributed by atoms with E-state index in [0.717, 1.165) is 53.9 Å². The number of aliphatic hydroxyl groups is 1. The van der Waals surface area contributed by atoms with Crippen LogP contribution in [0.3, 0.4) is 0 Å². The van der Waals surface area contributed by atoms with E-state index in [1.165, 1.54) is 6.42 Å². The van der Waals surface area contributed by atoms with Crippen LogP contribution >= 0.6 is 11.3 Å². The maximum absolute atomic E-state index is 13.8. The molecule has 1 aromatic heterocycles. The van der Waals surface area contributed by atoms with Crippen LogP contribution in [0.1, 0.15) is 69.4 Å². The molecule has 4 rings (SSSR count). The highest BCUT2D eigenvalue weighted by atomic mass is 32.1. The SMILES string of the molecule is CC(C)(C)NC(O)C1c2sccc2C2=C(C=CCN2)C(=O)N1C1CCCCC1. The Morgan fingerprint density at radius 3 is 2.75 bits per heavy atom. The normalized spacial score (nSPS) is 24.5. The summed E-state index contributed by atoms with van der Waals surface area (Å²) in [4.78, 5) is 16.8. The molecule has 1 saturated carbocycles. The molecule has 3 heterocycles. The van der Waals surface area contributed by atoms with Crippen LogP contribution in [0.2, 0.25) is 0 Å². The van der Waals surface area contributed by atoms with E-state index >= 15 is 0 Å². The molecule has 0 radical (unpaired) electrons. The van der Waals surface area contributed by atoms with Crippen LogP contribution in [0.15, 0.2) is 29.2 Å². The van der Waals surface area contributed by atoms with Gasteiger partial charge in [0, 0.05) is 28.6 Å². The first-order valence-electron chi connectivity index (χ1n) is 10.4. The van der Waals surface area contributed by atoms with Crippen molar-refractivity contribution in [3.8, 4) is 0 Å². The zero-order chi connectivity index (χ0) is 19.9. The van der Waals surface area contributed by atoms with Crippen LogP contribution < -0.4 is 10.6 Å². The Labute approximate surface area is 171 Å². The van der Waals surface area contributed by atoms with Gasteiger partial charge in [0.2, 0.25) is 0 Å². The molecule has 1 fully saturated rings. The summed E-state index contributed by atoms with van der Waals surface area (Å²) >= 11 is 1.63. The lowest BCUT2D eigenvalue weighted by Gasteiger charge is -2.42. The zero-order valence-corrected chi connectivity index (χ0v) is 17.8. The maximum atomic E-state index is 13.8. The second kappa shape index (κ2) is 7.65. The van der Waals surface area contributed by atoms with Crippen LogP contribution in [0.5, 0.6) is 0 Å². The third-order valence-electron chi connectivity index (χ3n) is 5.80. The largest absolute Gasteiger partial charge is 0.380 e. The quantitative estimate of drug-likeness (QED) is 0.678. The molecule has 2 unspecified atom stereocenters. The Bertz CT molecular complexity index is 799. The van der Waals surface area contributed by atoms with E-state index in [2.05, 4.69) is 22.1 Å². The van der Waals surface area contributed by atoms with Crippen molar-refractivity contribution in [3.05, 3.63) is 39.6 Å². The van der Waals surface area contributed by atoms with Crippen LogP contribution in [-0.4, -0.2) is 40.3 Å². The number of aliphatic hydroxyl groups excluding tert-OH is 1. The number of hydrogen-bond donors (Lipinski definition) is 3. The average Bonchev–Trinajstić information content (AvgIpc) is 3.10. The number of fused-ring (bicyclic) bond motifs is 2. The molecule has 6 heteroatoms. The smallest absolute Gasteiger partial charge is 0.256 e. The summed E-state index contributed by atoms with van der Waals surface area (Å²) in [6.07, 6.45) is 8.65. The summed E-state index contributed by atoms with van der Waals surface area (Å²) in [5, 5.41) is 20.1. The number of amides is 1. The van der Waals surface area contributed by atoms with Gasteiger partial charge in [-0.1, -0.05) is 25.3 Å². The van der Waals surface area contributed by atoms with Crippen molar-refractivity contribution in [1.82, 2.24) is 15.5 Å². The van der Waals surface area contributed by atoms with E-state index in [0.29, 0.717) is 0 Å². The first kappa shape index (κ1) is 19.7. The summed E-state index contributed by atoms with van der Waals surface area (Å²) in [7, 11) is 0. The summed E-state index contributed by atoms with van der Waals surface area (Å²) in [6, 6.07) is 1.86. The first-order chi connectivity index (χ1) is 13.4. The van der Waals surface area contributed by atoms with Gasteiger partial charge in [0.25, 0.3) is 5.91 Å². The number of carbonyl (C=O) groups excluding carboxylic acids is 1. The fourth-order valence-electron chi connectivity index (χ4n) is 4.65. The van der Waals surface area contributed by atoms with Gasteiger partial charge in [0.15, 0.2) is 0 Å². The molecule has 1 aromatic rings. The van der Waals surface area contributed by atoms with Crippen molar-refractivity contribution in [3.63, 3.8) is 0 Å². The van der Waals surface area contributed by atoms with Crippen molar-refractivity contribution >= 4 is 22.9 Å². The van der Waals surface area contributed by atoms with E-state index in [-0.39, 0.29) is 23.5 Å². The molecular formula is C22H31N3O2S. The molecule has 0 bridgehead atoms. The average molecular weight is 402 g/mol. The number of dihydropyridines is 1. The minimum absolute atomic E-state index is 0.0357. The third-order valence-corrected chi connectivity index (χ3v) is 6.78. The van der Waals surface area contributed by atoms with Gasteiger partial charge < -0.3 is 15.3 Å². The van der Waals surface area contributed by atoms with E-state index < -0.39 is 6.23 Å². The molecule has 2 atom stereocenters. The monoisotopic (exact) mass is 401 g/mol. The highest BCUT2D eigenvalue weighted by Crippen LogP contribution is 2.43. The van der Waals surface area contributed by atoms with Crippen molar-refractivity contribution < 1.29 is 9.90 Å². The molecule has 28 heavy (non-hydrogen) atoms. The van der Waals surface area contributed by atoms with Crippen LogP contribution in [0.4, 0.5) is 0 Å². The summed E-state index contributed by atoms with van der Waals surface area (Å²) in [5.74, 6) is 0.0357. The van der Waals surface area contributed by atoms with Crippen LogP contribution in [-0.2, 0) is 4.79 Å². The van der Waals surface area contributed by atoms with Gasteiger partial charge in [-0.3, -0.25) is 10.1 Å². The van der Waals surface area contributed by atoms with E-state index in [4.69, 9.17) is 0 Å². The fraction of sp³-hybridized carbons (Fsp3) is 0.591. The number of carbonyl (C=O) groups is 1. The molecule has 3 N–H and O–H groups in total. The van der Waals surface area contributed by atoms with Crippen molar-refractivity contribution in [2.24, 2.45) is 0 Å². The molecule has 1 amide bonds. The topological polar surface area (TPSA) is 64.6 Å². The van der Waals surface area contributed by atoms with Gasteiger partial charge in [-0.05, 0) is 51.1 Å². The van der Waals surface area contributed by atoms with Gasteiger partial charge in [-0.2, -0.15) is 0 Å². The van der Waals surface area contributed by atoms with E-state index in [9.17, 15) is 9.90 Å². The molecule has 5 nitrogen and oxygen atoms in total. The Morgan fingerprint density at radius 2 is 2.04 bits per heavy atom. The first-order valence-corrected chi connectivity index (χ1v) is 11.3. The second-order valence-electron chi connectivity index (χ2n) is 9.06. The number of hydrogen-bond acceptors (Lipinski definition) is 5.